The second-order valence-electron chi connectivity index (χ2n) is 8.42. The van der Waals surface area contributed by atoms with Gasteiger partial charge in [0.1, 0.15) is 6.20 Å². The van der Waals surface area contributed by atoms with Crippen LogP contribution in [0.1, 0.15) is 19.5 Å². The maximum Gasteiger partial charge on any atom is 3.00 e. The number of nitrogens with zero attached hydrogens (tertiary/aromatic N) is 2. The molecule has 2 aromatic heterocycles. The van der Waals surface area contributed by atoms with Crippen molar-refractivity contribution in [2.24, 2.45) is 5.92 Å². The molecule has 174 valence electrons. The van der Waals surface area contributed by atoms with E-state index in [-0.39, 0.29) is 20.1 Å². The van der Waals surface area contributed by atoms with Crippen LogP contribution in [0.2, 0.25) is 0 Å². The first-order chi connectivity index (χ1) is 16.7. The SMILES string of the molecule is CC(C)Cc1cccc(-c2[c-]cccc2)n1.[Ir+3].[c-]1ccc(-c2ccccc2)cc1-[n+]1[c-]cccc1. The van der Waals surface area contributed by atoms with E-state index in [2.05, 4.69) is 73.6 Å². The third-order valence-electron chi connectivity index (χ3n) is 5.22. The van der Waals surface area contributed by atoms with Crippen molar-refractivity contribution >= 4 is 0 Å². The standard InChI is InChI=1S/C17H12N.C15H16N.Ir/c1-3-8-15(9-4-1)16-10-7-11-17(14-16)18-12-5-2-6-13-18;1-12(2)11-14-9-6-10-15(16-14)13-7-4-3-5-8-13;/h1-10,12,14H;3-7,9-10,12H,11H2,1-2H3;/q2*-1;+3. The Kier molecular flexibility index (Phi) is 10.1. The van der Waals surface area contributed by atoms with E-state index in [0.717, 1.165) is 29.1 Å². The van der Waals surface area contributed by atoms with Crippen molar-refractivity contribution in [2.45, 2.75) is 20.3 Å². The van der Waals surface area contributed by atoms with Gasteiger partial charge in [-0.3, -0.25) is 0 Å². The van der Waals surface area contributed by atoms with Gasteiger partial charge < -0.3 is 9.55 Å². The van der Waals surface area contributed by atoms with Gasteiger partial charge in [0.15, 0.2) is 0 Å². The van der Waals surface area contributed by atoms with Crippen LogP contribution < -0.4 is 4.57 Å². The van der Waals surface area contributed by atoms with Crippen molar-refractivity contribution in [2.75, 3.05) is 0 Å². The van der Waals surface area contributed by atoms with Crippen LogP contribution in [0.5, 0.6) is 0 Å². The van der Waals surface area contributed by atoms with E-state index in [0.29, 0.717) is 5.92 Å². The molecule has 0 aliphatic rings. The number of benzene rings is 3. The quantitative estimate of drug-likeness (QED) is 0.151. The smallest absolute Gasteiger partial charge is 0.307 e. The normalized spacial score (nSPS) is 10.1. The fraction of sp³-hybridized carbons (Fsp3) is 0.125. The second-order valence-corrected chi connectivity index (χ2v) is 8.42. The van der Waals surface area contributed by atoms with E-state index in [1.165, 1.54) is 11.1 Å². The Balaban J connectivity index is 0.000000192. The molecule has 0 aliphatic heterocycles. The van der Waals surface area contributed by atoms with E-state index in [1.807, 2.05) is 83.6 Å². The Morgan fingerprint density at radius 1 is 0.743 bits per heavy atom. The largest absolute Gasteiger partial charge is 3.00 e. The van der Waals surface area contributed by atoms with E-state index >= 15 is 0 Å². The van der Waals surface area contributed by atoms with Crippen LogP contribution >= 0.6 is 0 Å². The zero-order chi connectivity index (χ0) is 23.6. The number of hydrogen-bond donors (Lipinski definition) is 0. The molecule has 0 saturated carbocycles. The molecule has 0 radical (unpaired) electrons. The molecule has 0 aliphatic carbocycles. The first kappa shape index (κ1) is 26.2. The Morgan fingerprint density at radius 2 is 1.54 bits per heavy atom. The summed E-state index contributed by atoms with van der Waals surface area (Å²) < 4.78 is 1.94. The minimum Gasteiger partial charge on any atom is -0.307 e. The summed E-state index contributed by atoms with van der Waals surface area (Å²) >= 11 is 0. The number of aromatic nitrogens is 2. The molecule has 0 saturated heterocycles. The first-order valence-corrected chi connectivity index (χ1v) is 11.6. The molecule has 5 rings (SSSR count). The maximum atomic E-state index is 4.65. The third kappa shape index (κ3) is 7.82. The molecular weight excluding hydrogens is 605 g/mol. The summed E-state index contributed by atoms with van der Waals surface area (Å²) in [7, 11) is 0. The van der Waals surface area contributed by atoms with Gasteiger partial charge in [-0.05, 0) is 29.7 Å². The van der Waals surface area contributed by atoms with E-state index < -0.39 is 0 Å². The van der Waals surface area contributed by atoms with Crippen molar-refractivity contribution in [3.05, 3.63) is 139 Å². The fourth-order valence-electron chi connectivity index (χ4n) is 3.62. The minimum atomic E-state index is 0. The van der Waals surface area contributed by atoms with Crippen LogP contribution in [0.15, 0.2) is 115 Å². The third-order valence-corrected chi connectivity index (χ3v) is 5.22. The monoisotopic (exact) mass is 633 g/mol. The fourth-order valence-corrected chi connectivity index (χ4v) is 3.62. The first-order valence-electron chi connectivity index (χ1n) is 11.6. The molecule has 0 amide bonds. The minimum absolute atomic E-state index is 0. The maximum absolute atomic E-state index is 4.65. The van der Waals surface area contributed by atoms with Crippen molar-refractivity contribution in [1.29, 1.82) is 0 Å². The van der Waals surface area contributed by atoms with Gasteiger partial charge in [0.2, 0.25) is 0 Å². The van der Waals surface area contributed by atoms with Crippen LogP contribution in [0.4, 0.5) is 0 Å². The predicted molar refractivity (Wildman–Crippen MR) is 138 cm³/mol. The van der Waals surface area contributed by atoms with Gasteiger partial charge in [0.25, 0.3) is 0 Å². The number of pyridine rings is 2. The molecule has 0 bridgehead atoms. The Hall–Kier alpha value is -3.39. The van der Waals surface area contributed by atoms with Gasteiger partial charge in [0.05, 0.1) is 6.20 Å². The molecule has 0 N–H and O–H groups in total. The summed E-state index contributed by atoms with van der Waals surface area (Å²) in [6, 6.07) is 42.9. The van der Waals surface area contributed by atoms with Gasteiger partial charge in [-0.2, -0.15) is 18.2 Å². The van der Waals surface area contributed by atoms with Crippen molar-refractivity contribution in [1.82, 2.24) is 4.98 Å². The van der Waals surface area contributed by atoms with Gasteiger partial charge >= 0.3 is 20.1 Å². The molecule has 0 spiro atoms. The molecular formula is C32H28IrN2+. The molecule has 2 nitrogen and oxygen atoms in total. The molecule has 2 heterocycles. The summed E-state index contributed by atoms with van der Waals surface area (Å²) in [6.07, 6.45) is 6.15. The summed E-state index contributed by atoms with van der Waals surface area (Å²) in [5, 5.41) is 0. The van der Waals surface area contributed by atoms with Gasteiger partial charge in [-0.1, -0.05) is 68.4 Å². The van der Waals surface area contributed by atoms with Gasteiger partial charge in [-0.15, -0.1) is 53.6 Å². The van der Waals surface area contributed by atoms with Crippen LogP contribution in [0, 0.1) is 24.2 Å². The molecule has 0 atom stereocenters. The van der Waals surface area contributed by atoms with E-state index in [1.54, 1.807) is 0 Å². The summed E-state index contributed by atoms with van der Waals surface area (Å²) in [5.74, 6) is 0.641. The molecule has 3 heteroatoms. The average Bonchev–Trinajstić information content (AvgIpc) is 2.90. The van der Waals surface area contributed by atoms with Crippen molar-refractivity contribution < 1.29 is 24.7 Å². The molecule has 3 aromatic carbocycles. The Labute approximate surface area is 222 Å². The molecule has 0 unspecified atom stereocenters. The van der Waals surface area contributed by atoms with E-state index in [4.69, 9.17) is 0 Å². The topological polar surface area (TPSA) is 16.8 Å². The Bertz CT molecular complexity index is 1230. The predicted octanol–water partition coefficient (Wildman–Crippen LogP) is 6.98. The van der Waals surface area contributed by atoms with E-state index in [9.17, 15) is 0 Å². The average molecular weight is 633 g/mol. The van der Waals surface area contributed by atoms with Crippen LogP contribution in [-0.4, -0.2) is 4.98 Å². The summed E-state index contributed by atoms with van der Waals surface area (Å²) in [5.41, 5.74) is 6.63. The molecule has 5 aromatic rings. The van der Waals surface area contributed by atoms with Crippen LogP contribution in [0.25, 0.3) is 28.1 Å². The zero-order valence-electron chi connectivity index (χ0n) is 20.0. The van der Waals surface area contributed by atoms with Gasteiger partial charge in [0, 0.05) is 11.4 Å². The molecule has 35 heavy (non-hydrogen) atoms. The zero-order valence-corrected chi connectivity index (χ0v) is 22.4. The number of rotatable bonds is 5. The second kappa shape index (κ2) is 13.5. The van der Waals surface area contributed by atoms with Gasteiger partial charge in [-0.25, -0.2) is 0 Å². The summed E-state index contributed by atoms with van der Waals surface area (Å²) in [4.78, 5) is 4.65. The van der Waals surface area contributed by atoms with Crippen molar-refractivity contribution in [3.8, 4) is 28.1 Å². The molecule has 0 fully saturated rings. The van der Waals surface area contributed by atoms with Crippen LogP contribution in [0.3, 0.4) is 0 Å². The van der Waals surface area contributed by atoms with Crippen molar-refractivity contribution in [3.63, 3.8) is 0 Å². The summed E-state index contributed by atoms with van der Waals surface area (Å²) in [6.45, 7) is 4.42. The van der Waals surface area contributed by atoms with Crippen LogP contribution in [-0.2, 0) is 26.5 Å². The Morgan fingerprint density at radius 3 is 2.26 bits per heavy atom. The number of hydrogen-bond acceptors (Lipinski definition) is 1.